The molecule has 0 radical (unpaired) electrons. The van der Waals surface area contributed by atoms with Crippen LogP contribution >= 0.6 is 0 Å². The molecule has 2 aromatic carbocycles. The Bertz CT molecular complexity index is 986. The molecular formula is C19H18N4O3. The SMILES string of the molecule is CCOc1ccc2c(N/N=C/c3ccccc3[N+](=O)[O-])cc(C)nc2c1. The number of hydrogen-bond donors (Lipinski definition) is 1. The van der Waals surface area contributed by atoms with Crippen LogP contribution in [0.1, 0.15) is 18.2 Å². The minimum absolute atomic E-state index is 0.00942. The summed E-state index contributed by atoms with van der Waals surface area (Å²) in [5, 5.41) is 16.1. The second-order valence-corrected chi connectivity index (χ2v) is 5.61. The number of nitro benzene ring substituents is 1. The normalized spacial score (nSPS) is 11.0. The van der Waals surface area contributed by atoms with Crippen molar-refractivity contribution >= 4 is 28.5 Å². The number of nitrogens with one attached hydrogen (secondary N) is 1. The van der Waals surface area contributed by atoms with E-state index in [1.807, 2.05) is 38.1 Å². The fraction of sp³-hybridized carbons (Fsp3) is 0.158. The van der Waals surface area contributed by atoms with E-state index < -0.39 is 4.92 Å². The molecule has 0 atom stereocenters. The Balaban J connectivity index is 1.90. The highest BCUT2D eigenvalue weighted by atomic mass is 16.6. The molecule has 0 unspecified atom stereocenters. The Morgan fingerprint density at radius 2 is 2.08 bits per heavy atom. The smallest absolute Gasteiger partial charge is 0.278 e. The molecule has 3 aromatic rings. The minimum atomic E-state index is -0.428. The van der Waals surface area contributed by atoms with Crippen LogP contribution in [-0.2, 0) is 0 Å². The van der Waals surface area contributed by atoms with Crippen molar-refractivity contribution in [2.75, 3.05) is 12.0 Å². The van der Waals surface area contributed by atoms with Crippen LogP contribution in [0.25, 0.3) is 10.9 Å². The van der Waals surface area contributed by atoms with Gasteiger partial charge >= 0.3 is 0 Å². The third-order valence-electron chi connectivity index (χ3n) is 3.74. The van der Waals surface area contributed by atoms with Gasteiger partial charge in [0, 0.05) is 23.2 Å². The van der Waals surface area contributed by atoms with Crippen LogP contribution in [-0.4, -0.2) is 22.7 Å². The summed E-state index contributed by atoms with van der Waals surface area (Å²) in [4.78, 5) is 15.2. The quantitative estimate of drug-likeness (QED) is 0.407. The van der Waals surface area contributed by atoms with Gasteiger partial charge in [-0.3, -0.25) is 20.5 Å². The maximum atomic E-state index is 11.1. The summed E-state index contributed by atoms with van der Waals surface area (Å²) in [6.07, 6.45) is 1.44. The number of ether oxygens (including phenoxy) is 1. The Morgan fingerprint density at radius 3 is 2.85 bits per heavy atom. The van der Waals surface area contributed by atoms with E-state index in [-0.39, 0.29) is 5.69 Å². The van der Waals surface area contributed by atoms with Crippen LogP contribution in [0.5, 0.6) is 5.75 Å². The van der Waals surface area contributed by atoms with E-state index in [0.29, 0.717) is 12.2 Å². The molecule has 1 aromatic heterocycles. The molecule has 7 nitrogen and oxygen atoms in total. The van der Waals surface area contributed by atoms with Crippen molar-refractivity contribution in [2.45, 2.75) is 13.8 Å². The minimum Gasteiger partial charge on any atom is -0.494 e. The highest BCUT2D eigenvalue weighted by Crippen LogP contribution is 2.27. The molecule has 26 heavy (non-hydrogen) atoms. The number of benzene rings is 2. The van der Waals surface area contributed by atoms with E-state index in [1.54, 1.807) is 18.2 Å². The van der Waals surface area contributed by atoms with E-state index in [9.17, 15) is 10.1 Å². The zero-order valence-electron chi connectivity index (χ0n) is 14.5. The number of fused-ring (bicyclic) bond motifs is 1. The maximum absolute atomic E-state index is 11.1. The summed E-state index contributed by atoms with van der Waals surface area (Å²) in [5.41, 5.74) is 5.79. The van der Waals surface area contributed by atoms with Crippen molar-refractivity contribution in [3.63, 3.8) is 0 Å². The molecule has 3 rings (SSSR count). The van der Waals surface area contributed by atoms with Crippen molar-refractivity contribution in [2.24, 2.45) is 5.10 Å². The number of rotatable bonds is 6. The van der Waals surface area contributed by atoms with E-state index in [2.05, 4.69) is 15.5 Å². The van der Waals surface area contributed by atoms with Crippen LogP contribution in [0.2, 0.25) is 0 Å². The van der Waals surface area contributed by atoms with Crippen LogP contribution in [0.4, 0.5) is 11.4 Å². The second-order valence-electron chi connectivity index (χ2n) is 5.61. The predicted octanol–water partition coefficient (Wildman–Crippen LogP) is 4.30. The average Bonchev–Trinajstić information content (AvgIpc) is 2.62. The molecule has 0 fully saturated rings. The van der Waals surface area contributed by atoms with Crippen molar-refractivity contribution in [1.29, 1.82) is 0 Å². The second kappa shape index (κ2) is 7.60. The first-order valence-corrected chi connectivity index (χ1v) is 8.15. The van der Waals surface area contributed by atoms with Gasteiger partial charge in [-0.15, -0.1) is 0 Å². The standard InChI is InChI=1S/C19H18N4O3/c1-3-26-15-8-9-16-17(11-15)21-13(2)10-18(16)22-20-12-14-6-4-5-7-19(14)23(24)25/h4-12H,3H2,1-2H3,(H,21,22)/b20-12+. The summed E-state index contributed by atoms with van der Waals surface area (Å²) < 4.78 is 5.51. The third kappa shape index (κ3) is 3.77. The lowest BCUT2D eigenvalue weighted by atomic mass is 10.1. The first-order chi connectivity index (χ1) is 12.6. The molecule has 0 bridgehead atoms. The topological polar surface area (TPSA) is 89.6 Å². The highest BCUT2D eigenvalue weighted by molar-refractivity contribution is 5.93. The van der Waals surface area contributed by atoms with Crippen molar-refractivity contribution in [1.82, 2.24) is 4.98 Å². The molecule has 1 N–H and O–H groups in total. The van der Waals surface area contributed by atoms with Crippen LogP contribution < -0.4 is 10.2 Å². The van der Waals surface area contributed by atoms with Gasteiger partial charge in [-0.1, -0.05) is 12.1 Å². The van der Waals surface area contributed by atoms with Crippen LogP contribution in [0, 0.1) is 17.0 Å². The fourth-order valence-electron chi connectivity index (χ4n) is 2.62. The van der Waals surface area contributed by atoms with Gasteiger partial charge in [-0.2, -0.15) is 5.10 Å². The lowest BCUT2D eigenvalue weighted by molar-refractivity contribution is -0.385. The molecule has 0 aliphatic heterocycles. The first-order valence-electron chi connectivity index (χ1n) is 8.15. The molecule has 0 saturated carbocycles. The molecule has 0 aliphatic rings. The van der Waals surface area contributed by atoms with E-state index in [1.165, 1.54) is 12.3 Å². The number of pyridine rings is 1. The molecule has 0 spiro atoms. The van der Waals surface area contributed by atoms with Gasteiger partial charge in [-0.05, 0) is 38.1 Å². The summed E-state index contributed by atoms with van der Waals surface area (Å²) in [6, 6.07) is 14.0. The zero-order valence-corrected chi connectivity index (χ0v) is 14.5. The number of aromatic nitrogens is 1. The lowest BCUT2D eigenvalue weighted by Crippen LogP contribution is -1.98. The molecule has 132 valence electrons. The molecule has 0 saturated heterocycles. The Morgan fingerprint density at radius 1 is 1.27 bits per heavy atom. The largest absolute Gasteiger partial charge is 0.494 e. The lowest BCUT2D eigenvalue weighted by Gasteiger charge is -2.09. The fourth-order valence-corrected chi connectivity index (χ4v) is 2.62. The van der Waals surface area contributed by atoms with Crippen LogP contribution in [0.15, 0.2) is 53.6 Å². The number of hydrogen-bond acceptors (Lipinski definition) is 6. The Kier molecular flexibility index (Phi) is 5.07. The van der Waals surface area contributed by atoms with Gasteiger partial charge < -0.3 is 4.74 Å². The Hall–Kier alpha value is -3.48. The van der Waals surface area contributed by atoms with Gasteiger partial charge in [0.1, 0.15) is 5.75 Å². The summed E-state index contributed by atoms with van der Waals surface area (Å²) in [7, 11) is 0. The number of aryl methyl sites for hydroxylation is 1. The van der Waals surface area contributed by atoms with Crippen LogP contribution in [0.3, 0.4) is 0 Å². The number of nitro groups is 1. The van der Waals surface area contributed by atoms with Gasteiger partial charge in [0.05, 0.1) is 34.5 Å². The van der Waals surface area contributed by atoms with Gasteiger partial charge in [0.25, 0.3) is 5.69 Å². The summed E-state index contributed by atoms with van der Waals surface area (Å²) in [5.74, 6) is 0.757. The summed E-state index contributed by atoms with van der Waals surface area (Å²) >= 11 is 0. The molecular weight excluding hydrogens is 332 g/mol. The zero-order chi connectivity index (χ0) is 18.5. The third-order valence-corrected chi connectivity index (χ3v) is 3.74. The molecule has 0 aliphatic carbocycles. The van der Waals surface area contributed by atoms with Gasteiger partial charge in [0.2, 0.25) is 0 Å². The number of anilines is 1. The molecule has 1 heterocycles. The number of nitrogens with zero attached hydrogens (tertiary/aromatic N) is 3. The molecule has 0 amide bonds. The number of para-hydroxylation sites is 1. The highest BCUT2D eigenvalue weighted by Gasteiger charge is 2.10. The Labute approximate surface area is 150 Å². The van der Waals surface area contributed by atoms with Gasteiger partial charge in [0.15, 0.2) is 0 Å². The first kappa shape index (κ1) is 17.3. The monoisotopic (exact) mass is 350 g/mol. The average molecular weight is 350 g/mol. The van der Waals surface area contributed by atoms with Crippen molar-refractivity contribution in [3.8, 4) is 5.75 Å². The molecule has 7 heteroatoms. The maximum Gasteiger partial charge on any atom is 0.278 e. The summed E-state index contributed by atoms with van der Waals surface area (Å²) in [6.45, 7) is 4.41. The number of hydrazone groups is 1. The predicted molar refractivity (Wildman–Crippen MR) is 102 cm³/mol. The van der Waals surface area contributed by atoms with Crippen molar-refractivity contribution in [3.05, 3.63) is 69.9 Å². The van der Waals surface area contributed by atoms with E-state index in [0.717, 1.165) is 28.0 Å². The van der Waals surface area contributed by atoms with E-state index in [4.69, 9.17) is 4.74 Å². The van der Waals surface area contributed by atoms with Gasteiger partial charge in [-0.25, -0.2) is 0 Å². The van der Waals surface area contributed by atoms with Crippen molar-refractivity contribution < 1.29 is 9.66 Å². The van der Waals surface area contributed by atoms with E-state index >= 15 is 0 Å².